The van der Waals surface area contributed by atoms with Gasteiger partial charge in [-0.15, -0.1) is 0 Å². The number of nitrogens with zero attached hydrogens (tertiary/aromatic N) is 3. The molecular formula is C18H12N4O6. The lowest BCUT2D eigenvalue weighted by atomic mass is 10.1. The van der Waals surface area contributed by atoms with Crippen molar-refractivity contribution in [1.82, 2.24) is 9.97 Å². The Morgan fingerprint density at radius 2 is 2.07 bits per heavy atom. The van der Waals surface area contributed by atoms with E-state index >= 15 is 0 Å². The van der Waals surface area contributed by atoms with Crippen molar-refractivity contribution in [2.45, 2.75) is 6.92 Å². The summed E-state index contributed by atoms with van der Waals surface area (Å²) < 4.78 is 10.5. The first-order valence-corrected chi connectivity index (χ1v) is 8.03. The van der Waals surface area contributed by atoms with Crippen LogP contribution in [0.2, 0.25) is 0 Å². The third-order valence-corrected chi connectivity index (χ3v) is 3.95. The second kappa shape index (κ2) is 6.50. The number of pyridine rings is 1. The maximum absolute atomic E-state index is 12.3. The van der Waals surface area contributed by atoms with Gasteiger partial charge in [-0.3, -0.25) is 14.9 Å². The molecule has 0 unspecified atom stereocenters. The van der Waals surface area contributed by atoms with E-state index in [-0.39, 0.29) is 23.0 Å². The second-order valence-electron chi connectivity index (χ2n) is 5.88. The van der Waals surface area contributed by atoms with Gasteiger partial charge in [-0.2, -0.15) is 4.98 Å². The van der Waals surface area contributed by atoms with Gasteiger partial charge in [0.2, 0.25) is 5.89 Å². The Kier molecular flexibility index (Phi) is 4.00. The average Bonchev–Trinajstić information content (AvgIpc) is 3.31. The molecule has 0 atom stereocenters. The van der Waals surface area contributed by atoms with Gasteiger partial charge in [-0.1, -0.05) is 0 Å². The molecule has 2 N–H and O–H groups in total. The highest BCUT2D eigenvalue weighted by molar-refractivity contribution is 6.03. The SMILES string of the molecule is Cc1cc(NC(=O)c2ccc([N+](=O)[O-])o2)cc(-c2nc3ncccc3o2)c1O. The molecule has 10 heteroatoms. The number of aryl methyl sites for hydroxylation is 1. The van der Waals surface area contributed by atoms with Gasteiger partial charge in [0.05, 0.1) is 11.6 Å². The van der Waals surface area contributed by atoms with Crippen LogP contribution in [-0.2, 0) is 0 Å². The van der Waals surface area contributed by atoms with Crippen molar-refractivity contribution < 1.29 is 23.7 Å². The molecule has 4 rings (SSSR count). The molecule has 0 spiro atoms. The van der Waals surface area contributed by atoms with Crippen LogP contribution >= 0.6 is 0 Å². The summed E-state index contributed by atoms with van der Waals surface area (Å²) in [6, 6.07) is 8.69. The zero-order valence-electron chi connectivity index (χ0n) is 14.4. The molecule has 0 saturated carbocycles. The maximum atomic E-state index is 12.3. The number of aromatic hydroxyl groups is 1. The molecule has 0 saturated heterocycles. The monoisotopic (exact) mass is 380 g/mol. The van der Waals surface area contributed by atoms with Crippen molar-refractivity contribution in [3.05, 3.63) is 64.0 Å². The van der Waals surface area contributed by atoms with Gasteiger partial charge in [-0.25, -0.2) is 4.98 Å². The first-order chi connectivity index (χ1) is 13.4. The Balaban J connectivity index is 1.68. The minimum atomic E-state index is -0.735. The van der Waals surface area contributed by atoms with Crippen molar-refractivity contribution in [2.24, 2.45) is 0 Å². The van der Waals surface area contributed by atoms with E-state index in [0.29, 0.717) is 22.5 Å². The molecule has 3 aromatic heterocycles. The van der Waals surface area contributed by atoms with Crippen molar-refractivity contribution in [3.63, 3.8) is 0 Å². The number of aromatic nitrogens is 2. The third kappa shape index (κ3) is 3.03. The number of nitro groups is 1. The summed E-state index contributed by atoms with van der Waals surface area (Å²) in [7, 11) is 0. The quantitative estimate of drug-likeness (QED) is 0.310. The average molecular weight is 380 g/mol. The van der Waals surface area contributed by atoms with Crippen molar-refractivity contribution in [3.8, 4) is 17.2 Å². The normalized spacial score (nSPS) is 10.9. The van der Waals surface area contributed by atoms with E-state index in [2.05, 4.69) is 15.3 Å². The number of carbonyl (C=O) groups excluding carboxylic acids is 1. The molecule has 10 nitrogen and oxygen atoms in total. The van der Waals surface area contributed by atoms with E-state index in [1.165, 1.54) is 18.2 Å². The number of carbonyl (C=O) groups is 1. The van der Waals surface area contributed by atoms with Gasteiger partial charge in [-0.05, 0) is 42.8 Å². The van der Waals surface area contributed by atoms with Gasteiger partial charge in [0.25, 0.3) is 5.91 Å². The van der Waals surface area contributed by atoms with Crippen LogP contribution in [0.3, 0.4) is 0 Å². The van der Waals surface area contributed by atoms with Crippen LogP contribution in [0.5, 0.6) is 5.75 Å². The van der Waals surface area contributed by atoms with Crippen LogP contribution in [0.4, 0.5) is 11.6 Å². The number of nitrogens with one attached hydrogen (secondary N) is 1. The summed E-state index contributed by atoms with van der Waals surface area (Å²) in [6.45, 7) is 1.65. The maximum Gasteiger partial charge on any atom is 0.433 e. The summed E-state index contributed by atoms with van der Waals surface area (Å²) in [4.78, 5) is 30.6. The third-order valence-electron chi connectivity index (χ3n) is 3.95. The minimum absolute atomic E-state index is 0.0572. The Labute approximate surface area is 156 Å². The number of phenols is 1. The highest BCUT2D eigenvalue weighted by Crippen LogP contribution is 2.35. The first-order valence-electron chi connectivity index (χ1n) is 8.03. The number of furan rings is 1. The van der Waals surface area contributed by atoms with Gasteiger partial charge < -0.3 is 19.3 Å². The predicted molar refractivity (Wildman–Crippen MR) is 97.0 cm³/mol. The van der Waals surface area contributed by atoms with E-state index in [1.807, 2.05) is 0 Å². The summed E-state index contributed by atoms with van der Waals surface area (Å²) in [5.41, 5.74) is 1.88. The number of oxazole rings is 1. The molecule has 0 aliphatic carbocycles. The molecule has 3 heterocycles. The number of benzene rings is 1. The van der Waals surface area contributed by atoms with E-state index in [0.717, 1.165) is 6.07 Å². The summed E-state index contributed by atoms with van der Waals surface area (Å²) in [6.07, 6.45) is 1.57. The van der Waals surface area contributed by atoms with E-state index < -0.39 is 16.7 Å². The highest BCUT2D eigenvalue weighted by atomic mass is 16.6. The molecule has 0 radical (unpaired) electrons. The smallest absolute Gasteiger partial charge is 0.433 e. The van der Waals surface area contributed by atoms with Crippen LogP contribution in [0, 0.1) is 17.0 Å². The molecule has 0 fully saturated rings. The van der Waals surface area contributed by atoms with Crippen LogP contribution in [0.25, 0.3) is 22.7 Å². The van der Waals surface area contributed by atoms with Gasteiger partial charge in [0, 0.05) is 11.9 Å². The number of fused-ring (bicyclic) bond motifs is 1. The predicted octanol–water partition coefficient (Wildman–Crippen LogP) is 3.66. The number of anilines is 1. The van der Waals surface area contributed by atoms with Gasteiger partial charge >= 0.3 is 5.88 Å². The molecular weight excluding hydrogens is 368 g/mol. The molecule has 0 bridgehead atoms. The fourth-order valence-corrected chi connectivity index (χ4v) is 2.64. The Hall–Kier alpha value is -4.21. The number of hydrogen-bond acceptors (Lipinski definition) is 8. The zero-order valence-corrected chi connectivity index (χ0v) is 14.4. The van der Waals surface area contributed by atoms with Crippen LogP contribution in [-0.4, -0.2) is 25.9 Å². The lowest BCUT2D eigenvalue weighted by Gasteiger charge is -2.09. The lowest BCUT2D eigenvalue weighted by Crippen LogP contribution is -2.11. The number of rotatable bonds is 4. The van der Waals surface area contributed by atoms with Crippen LogP contribution in [0.15, 0.2) is 51.4 Å². The van der Waals surface area contributed by atoms with Crippen LogP contribution < -0.4 is 5.32 Å². The fourth-order valence-electron chi connectivity index (χ4n) is 2.64. The summed E-state index contributed by atoms with van der Waals surface area (Å²) >= 11 is 0. The van der Waals surface area contributed by atoms with Crippen molar-refractivity contribution in [1.29, 1.82) is 0 Å². The Morgan fingerprint density at radius 3 is 2.79 bits per heavy atom. The topological polar surface area (TPSA) is 145 Å². The van der Waals surface area contributed by atoms with Gasteiger partial charge in [0.15, 0.2) is 17.0 Å². The Bertz CT molecular complexity index is 1190. The fraction of sp³-hybridized carbons (Fsp3) is 0.0556. The number of hydrogen-bond donors (Lipinski definition) is 2. The molecule has 28 heavy (non-hydrogen) atoms. The van der Waals surface area contributed by atoms with Crippen molar-refractivity contribution in [2.75, 3.05) is 5.32 Å². The standard InChI is InChI=1S/C18H12N4O6/c1-9-7-10(20-17(24)13-4-5-14(27-13)22(25)26)8-11(15(9)23)18-21-16-12(28-18)3-2-6-19-16/h2-8,23H,1H3,(H,20,24). The van der Waals surface area contributed by atoms with E-state index in [4.69, 9.17) is 8.83 Å². The van der Waals surface area contributed by atoms with Crippen LogP contribution in [0.1, 0.15) is 16.1 Å². The molecule has 140 valence electrons. The first kappa shape index (κ1) is 17.2. The van der Waals surface area contributed by atoms with E-state index in [1.54, 1.807) is 25.3 Å². The summed E-state index contributed by atoms with van der Waals surface area (Å²) in [5, 5.41) is 23.6. The number of amides is 1. The molecule has 0 aliphatic heterocycles. The lowest BCUT2D eigenvalue weighted by molar-refractivity contribution is -0.402. The molecule has 4 aromatic rings. The molecule has 1 amide bonds. The zero-order chi connectivity index (χ0) is 19.8. The van der Waals surface area contributed by atoms with Crippen molar-refractivity contribution >= 4 is 28.7 Å². The summed E-state index contributed by atoms with van der Waals surface area (Å²) in [5.74, 6) is -1.35. The van der Waals surface area contributed by atoms with E-state index in [9.17, 15) is 20.0 Å². The minimum Gasteiger partial charge on any atom is -0.507 e. The highest BCUT2D eigenvalue weighted by Gasteiger charge is 2.20. The van der Waals surface area contributed by atoms with Gasteiger partial charge in [0.1, 0.15) is 10.7 Å². The molecule has 0 aliphatic rings. The Morgan fingerprint density at radius 1 is 1.25 bits per heavy atom. The number of phenolic OH excluding ortho intramolecular Hbond substituents is 1. The second-order valence-corrected chi connectivity index (χ2v) is 5.88. The largest absolute Gasteiger partial charge is 0.507 e. The molecule has 1 aromatic carbocycles.